The van der Waals surface area contributed by atoms with Crippen molar-refractivity contribution in [2.45, 2.75) is 58.2 Å². The first-order valence-electron chi connectivity index (χ1n) is 11.5. The molecule has 2 amide bonds. The fourth-order valence-corrected chi connectivity index (χ4v) is 5.62. The number of hydrogen-bond donors (Lipinski definition) is 1. The van der Waals surface area contributed by atoms with Crippen LogP contribution in [0.15, 0.2) is 46.9 Å². The number of hydrogen-bond acceptors (Lipinski definition) is 4. The standard InChI is InChI=1S/C25H31BrClN3O4S/c1-17-11-12-22(14-23(17)27)30(35(3,33)34)16-24(31)29(15-19-7-6-8-20(26)13-19)18(2)25(32)28-21-9-4-5-10-21/h6-8,11-14,18,21H,4-5,9-10,15-16H2,1-3H3,(H,28,32)/t18-/m1/s1. The molecule has 1 aliphatic carbocycles. The SMILES string of the molecule is Cc1ccc(N(CC(=O)N(Cc2cccc(Br)c2)[C@H](C)C(=O)NC2CCCC2)S(C)(=O)=O)cc1Cl. The van der Waals surface area contributed by atoms with E-state index in [0.717, 1.165) is 51.8 Å². The molecule has 0 spiro atoms. The Balaban J connectivity index is 1.89. The van der Waals surface area contributed by atoms with Crippen LogP contribution in [0.4, 0.5) is 5.69 Å². The van der Waals surface area contributed by atoms with Gasteiger partial charge in [-0.25, -0.2) is 8.42 Å². The average molecular weight is 585 g/mol. The second-order valence-electron chi connectivity index (χ2n) is 9.02. The second kappa shape index (κ2) is 11.8. The first kappa shape index (κ1) is 27.5. The fourth-order valence-electron chi connectivity index (χ4n) is 4.16. The van der Waals surface area contributed by atoms with Gasteiger partial charge >= 0.3 is 0 Å². The van der Waals surface area contributed by atoms with Gasteiger partial charge in [-0.3, -0.25) is 13.9 Å². The van der Waals surface area contributed by atoms with Gasteiger partial charge in [0.15, 0.2) is 0 Å². The maximum atomic E-state index is 13.6. The molecule has 0 heterocycles. The fraction of sp³-hybridized carbons (Fsp3) is 0.440. The van der Waals surface area contributed by atoms with Crippen LogP contribution >= 0.6 is 27.5 Å². The molecule has 7 nitrogen and oxygen atoms in total. The quantitative estimate of drug-likeness (QED) is 0.465. The number of carbonyl (C=O) groups is 2. The molecule has 0 aromatic heterocycles. The Morgan fingerprint density at radius 1 is 1.17 bits per heavy atom. The van der Waals surface area contributed by atoms with Crippen molar-refractivity contribution in [3.8, 4) is 0 Å². The third-order valence-corrected chi connectivity index (χ3v) is 8.27. The number of aryl methyl sites for hydroxylation is 1. The van der Waals surface area contributed by atoms with Crippen LogP contribution in [0.3, 0.4) is 0 Å². The van der Waals surface area contributed by atoms with Crippen molar-refractivity contribution < 1.29 is 18.0 Å². The van der Waals surface area contributed by atoms with E-state index in [9.17, 15) is 18.0 Å². The van der Waals surface area contributed by atoms with Gasteiger partial charge in [0.25, 0.3) is 0 Å². The minimum absolute atomic E-state index is 0.106. The van der Waals surface area contributed by atoms with Crippen LogP contribution in [0, 0.1) is 6.92 Å². The first-order chi connectivity index (χ1) is 16.5. The molecule has 0 bridgehead atoms. The Labute approximate surface area is 221 Å². The summed E-state index contributed by atoms with van der Waals surface area (Å²) in [4.78, 5) is 28.1. The van der Waals surface area contributed by atoms with Crippen molar-refractivity contribution in [3.05, 3.63) is 63.1 Å². The highest BCUT2D eigenvalue weighted by Crippen LogP contribution is 2.26. The lowest BCUT2D eigenvalue weighted by molar-refractivity contribution is -0.139. The van der Waals surface area contributed by atoms with E-state index >= 15 is 0 Å². The van der Waals surface area contributed by atoms with Crippen LogP contribution in [0.2, 0.25) is 5.02 Å². The van der Waals surface area contributed by atoms with Gasteiger partial charge in [0.05, 0.1) is 11.9 Å². The normalized spacial score (nSPS) is 15.0. The van der Waals surface area contributed by atoms with Gasteiger partial charge in [0, 0.05) is 22.1 Å². The van der Waals surface area contributed by atoms with Crippen molar-refractivity contribution in [2.75, 3.05) is 17.1 Å². The van der Waals surface area contributed by atoms with E-state index in [1.807, 2.05) is 31.2 Å². The van der Waals surface area contributed by atoms with E-state index < -0.39 is 28.5 Å². The van der Waals surface area contributed by atoms with Gasteiger partial charge in [-0.1, -0.05) is 58.6 Å². The molecule has 3 rings (SSSR count). The van der Waals surface area contributed by atoms with E-state index in [-0.39, 0.29) is 18.5 Å². The molecule has 1 N–H and O–H groups in total. The monoisotopic (exact) mass is 583 g/mol. The highest BCUT2D eigenvalue weighted by atomic mass is 79.9. The summed E-state index contributed by atoms with van der Waals surface area (Å²) < 4.78 is 27.2. The summed E-state index contributed by atoms with van der Waals surface area (Å²) in [5.41, 5.74) is 1.91. The number of anilines is 1. The zero-order valence-corrected chi connectivity index (χ0v) is 23.3. The van der Waals surface area contributed by atoms with Crippen LogP contribution in [0.1, 0.15) is 43.7 Å². The molecule has 1 fully saturated rings. The summed E-state index contributed by atoms with van der Waals surface area (Å²) in [7, 11) is -3.80. The van der Waals surface area contributed by atoms with Crippen LogP contribution in [0.5, 0.6) is 0 Å². The van der Waals surface area contributed by atoms with Gasteiger partial charge < -0.3 is 10.2 Å². The van der Waals surface area contributed by atoms with Gasteiger partial charge in [0.1, 0.15) is 12.6 Å². The molecular formula is C25H31BrClN3O4S. The van der Waals surface area contributed by atoms with E-state index in [0.29, 0.717) is 10.7 Å². The lowest BCUT2D eigenvalue weighted by Crippen LogP contribution is -2.52. The molecule has 0 unspecified atom stereocenters. The Morgan fingerprint density at radius 2 is 1.86 bits per heavy atom. The van der Waals surface area contributed by atoms with Crippen molar-refractivity contribution in [1.82, 2.24) is 10.2 Å². The largest absolute Gasteiger partial charge is 0.352 e. The summed E-state index contributed by atoms with van der Waals surface area (Å²) in [5.74, 6) is -0.731. The molecule has 2 aromatic rings. The van der Waals surface area contributed by atoms with Gasteiger partial charge in [-0.05, 0) is 62.1 Å². The molecule has 1 atom stereocenters. The van der Waals surface area contributed by atoms with Crippen LogP contribution in [-0.4, -0.2) is 50.0 Å². The lowest BCUT2D eigenvalue weighted by atomic mass is 10.1. The highest BCUT2D eigenvalue weighted by Gasteiger charge is 2.31. The molecule has 1 aliphatic rings. The number of halogens is 2. The van der Waals surface area contributed by atoms with Crippen molar-refractivity contribution >= 4 is 55.1 Å². The topological polar surface area (TPSA) is 86.8 Å². The van der Waals surface area contributed by atoms with Gasteiger partial charge in [-0.15, -0.1) is 0 Å². The van der Waals surface area contributed by atoms with E-state index in [1.54, 1.807) is 19.1 Å². The minimum Gasteiger partial charge on any atom is -0.352 e. The predicted molar refractivity (Wildman–Crippen MR) is 143 cm³/mol. The number of sulfonamides is 1. The number of rotatable bonds is 9. The number of nitrogens with zero attached hydrogens (tertiary/aromatic N) is 2. The highest BCUT2D eigenvalue weighted by molar-refractivity contribution is 9.10. The van der Waals surface area contributed by atoms with Crippen molar-refractivity contribution in [1.29, 1.82) is 0 Å². The maximum absolute atomic E-state index is 13.6. The Morgan fingerprint density at radius 3 is 2.46 bits per heavy atom. The molecular weight excluding hydrogens is 554 g/mol. The van der Waals surface area contributed by atoms with E-state index in [1.165, 1.54) is 11.0 Å². The van der Waals surface area contributed by atoms with Crippen molar-refractivity contribution in [3.63, 3.8) is 0 Å². The molecule has 2 aromatic carbocycles. The Bertz CT molecular complexity index is 1180. The first-order valence-corrected chi connectivity index (χ1v) is 14.6. The molecule has 35 heavy (non-hydrogen) atoms. The lowest BCUT2D eigenvalue weighted by Gasteiger charge is -2.32. The molecule has 190 valence electrons. The number of benzene rings is 2. The minimum atomic E-state index is -3.80. The third-order valence-electron chi connectivity index (χ3n) is 6.23. The van der Waals surface area contributed by atoms with Gasteiger partial charge in [0.2, 0.25) is 21.8 Å². The third kappa shape index (κ3) is 7.44. The van der Waals surface area contributed by atoms with E-state index in [2.05, 4.69) is 21.2 Å². The molecule has 0 radical (unpaired) electrons. The molecule has 10 heteroatoms. The van der Waals surface area contributed by atoms with E-state index in [4.69, 9.17) is 11.6 Å². The maximum Gasteiger partial charge on any atom is 0.244 e. The average Bonchev–Trinajstić information content (AvgIpc) is 3.29. The molecule has 1 saturated carbocycles. The van der Waals surface area contributed by atoms with Crippen LogP contribution < -0.4 is 9.62 Å². The zero-order chi connectivity index (χ0) is 25.8. The number of amides is 2. The summed E-state index contributed by atoms with van der Waals surface area (Å²) in [6.07, 6.45) is 5.04. The van der Waals surface area contributed by atoms with Crippen LogP contribution in [0.25, 0.3) is 0 Å². The summed E-state index contributed by atoms with van der Waals surface area (Å²) in [6, 6.07) is 11.6. The van der Waals surface area contributed by atoms with Crippen LogP contribution in [-0.2, 0) is 26.2 Å². The summed E-state index contributed by atoms with van der Waals surface area (Å²) >= 11 is 9.67. The summed E-state index contributed by atoms with van der Waals surface area (Å²) in [6.45, 7) is 3.19. The van der Waals surface area contributed by atoms with Gasteiger partial charge in [-0.2, -0.15) is 0 Å². The smallest absolute Gasteiger partial charge is 0.244 e. The molecule has 0 saturated heterocycles. The molecule has 0 aliphatic heterocycles. The predicted octanol–water partition coefficient (Wildman–Crippen LogP) is 4.65. The second-order valence-corrected chi connectivity index (χ2v) is 12.3. The number of nitrogens with one attached hydrogen (secondary N) is 1. The zero-order valence-electron chi connectivity index (χ0n) is 20.1. The summed E-state index contributed by atoms with van der Waals surface area (Å²) in [5, 5.41) is 3.45. The number of carbonyl (C=O) groups excluding carboxylic acids is 2. The Hall–Kier alpha value is -2.10. The Kier molecular flexibility index (Phi) is 9.23. The van der Waals surface area contributed by atoms with Crippen molar-refractivity contribution in [2.24, 2.45) is 0 Å².